The Labute approximate surface area is 129 Å². The molecular formula is C17H19N3O2. The summed E-state index contributed by atoms with van der Waals surface area (Å²) in [6.07, 6.45) is 4.33. The maximum atomic E-state index is 12.4. The molecule has 1 aliphatic rings. The lowest BCUT2D eigenvalue weighted by atomic mass is 10.1. The number of aromatic nitrogens is 1. The van der Waals surface area contributed by atoms with Gasteiger partial charge in [0.15, 0.2) is 0 Å². The van der Waals surface area contributed by atoms with Crippen molar-refractivity contribution in [1.29, 1.82) is 0 Å². The molecule has 1 aromatic carbocycles. The lowest BCUT2D eigenvalue weighted by Gasteiger charge is -2.16. The van der Waals surface area contributed by atoms with Crippen molar-refractivity contribution in [3.8, 4) is 11.5 Å². The third kappa shape index (κ3) is 3.26. The van der Waals surface area contributed by atoms with E-state index in [2.05, 4.69) is 4.98 Å². The number of nitrogens with zero attached hydrogens (tertiary/aromatic N) is 2. The van der Waals surface area contributed by atoms with Crippen LogP contribution in [0.25, 0.3) is 0 Å². The molecule has 2 aromatic rings. The van der Waals surface area contributed by atoms with Crippen LogP contribution in [0.3, 0.4) is 0 Å². The highest BCUT2D eigenvalue weighted by Crippen LogP contribution is 2.22. The number of likely N-dealkylation sites (tertiary alicyclic amines) is 1. The summed E-state index contributed by atoms with van der Waals surface area (Å²) in [5.41, 5.74) is 6.35. The van der Waals surface area contributed by atoms with Gasteiger partial charge in [-0.05, 0) is 55.3 Å². The van der Waals surface area contributed by atoms with Gasteiger partial charge in [-0.1, -0.05) is 0 Å². The molecule has 3 rings (SSSR count). The molecule has 0 unspecified atom stereocenters. The Bertz CT molecular complexity index is 628. The van der Waals surface area contributed by atoms with Crippen molar-refractivity contribution in [2.24, 2.45) is 11.7 Å². The number of carbonyl (C=O) groups is 1. The van der Waals surface area contributed by atoms with Crippen LogP contribution in [0, 0.1) is 5.92 Å². The average Bonchev–Trinajstić information content (AvgIpc) is 3.05. The lowest BCUT2D eigenvalue weighted by molar-refractivity contribution is 0.0787. The van der Waals surface area contributed by atoms with Crippen LogP contribution >= 0.6 is 0 Å². The highest BCUT2D eigenvalue weighted by Gasteiger charge is 2.25. The molecule has 0 aliphatic carbocycles. The summed E-state index contributed by atoms with van der Waals surface area (Å²) >= 11 is 0. The van der Waals surface area contributed by atoms with Gasteiger partial charge in [-0.25, -0.2) is 0 Å². The molecule has 1 amide bonds. The van der Waals surface area contributed by atoms with E-state index in [9.17, 15) is 4.79 Å². The van der Waals surface area contributed by atoms with Crippen LogP contribution in [-0.4, -0.2) is 35.4 Å². The van der Waals surface area contributed by atoms with Gasteiger partial charge in [0.2, 0.25) is 0 Å². The Balaban J connectivity index is 1.65. The first-order chi connectivity index (χ1) is 10.8. The van der Waals surface area contributed by atoms with Crippen LogP contribution in [0.5, 0.6) is 11.5 Å². The van der Waals surface area contributed by atoms with Crippen LogP contribution < -0.4 is 10.5 Å². The number of nitrogens with two attached hydrogens (primary N) is 1. The van der Waals surface area contributed by atoms with Crippen molar-refractivity contribution in [3.63, 3.8) is 0 Å². The first-order valence-corrected chi connectivity index (χ1v) is 7.43. The highest BCUT2D eigenvalue weighted by molar-refractivity contribution is 5.94. The van der Waals surface area contributed by atoms with Crippen LogP contribution in [0.1, 0.15) is 16.8 Å². The SMILES string of the molecule is NC[C@@H]1CCN(C(=O)c2ccc(Oc3cccnc3)cc2)C1. The van der Waals surface area contributed by atoms with E-state index < -0.39 is 0 Å². The van der Waals surface area contributed by atoms with Crippen LogP contribution in [-0.2, 0) is 0 Å². The first-order valence-electron chi connectivity index (χ1n) is 7.43. The predicted octanol–water partition coefficient (Wildman–Crippen LogP) is 2.29. The summed E-state index contributed by atoms with van der Waals surface area (Å²) in [6.45, 7) is 2.18. The zero-order valence-corrected chi connectivity index (χ0v) is 12.3. The Morgan fingerprint density at radius 1 is 1.27 bits per heavy atom. The predicted molar refractivity (Wildman–Crippen MR) is 83.8 cm³/mol. The van der Waals surface area contributed by atoms with Gasteiger partial charge in [-0.3, -0.25) is 9.78 Å². The lowest BCUT2D eigenvalue weighted by Crippen LogP contribution is -2.29. The summed E-state index contributed by atoms with van der Waals surface area (Å²) in [5.74, 6) is 1.85. The molecule has 1 aromatic heterocycles. The molecule has 1 atom stereocenters. The van der Waals surface area contributed by atoms with Crippen molar-refractivity contribution in [1.82, 2.24) is 9.88 Å². The van der Waals surface area contributed by atoms with Crippen LogP contribution in [0.2, 0.25) is 0 Å². The molecule has 5 nitrogen and oxygen atoms in total. The number of pyridine rings is 1. The van der Waals surface area contributed by atoms with Gasteiger partial charge in [0.1, 0.15) is 11.5 Å². The second kappa shape index (κ2) is 6.58. The Morgan fingerprint density at radius 3 is 2.73 bits per heavy atom. The summed E-state index contributed by atoms with van der Waals surface area (Å²) in [7, 11) is 0. The molecule has 114 valence electrons. The van der Waals surface area contributed by atoms with Crippen molar-refractivity contribution < 1.29 is 9.53 Å². The normalized spacial score (nSPS) is 17.5. The van der Waals surface area contributed by atoms with E-state index in [1.165, 1.54) is 0 Å². The fraction of sp³-hybridized carbons (Fsp3) is 0.294. The number of carbonyl (C=O) groups excluding carboxylic acids is 1. The van der Waals surface area contributed by atoms with Crippen LogP contribution in [0.15, 0.2) is 48.8 Å². The number of benzene rings is 1. The molecule has 2 heterocycles. The molecule has 5 heteroatoms. The minimum atomic E-state index is 0.0591. The molecular weight excluding hydrogens is 278 g/mol. The van der Waals surface area contributed by atoms with E-state index in [1.807, 2.05) is 17.0 Å². The molecule has 1 saturated heterocycles. The molecule has 1 fully saturated rings. The summed E-state index contributed by atoms with van der Waals surface area (Å²) < 4.78 is 5.67. The Morgan fingerprint density at radius 2 is 2.09 bits per heavy atom. The molecule has 0 radical (unpaired) electrons. The van der Waals surface area contributed by atoms with Gasteiger partial charge in [-0.15, -0.1) is 0 Å². The Kier molecular flexibility index (Phi) is 4.34. The smallest absolute Gasteiger partial charge is 0.253 e. The van der Waals surface area contributed by atoms with Gasteiger partial charge in [0.05, 0.1) is 6.20 Å². The van der Waals surface area contributed by atoms with Crippen molar-refractivity contribution in [2.75, 3.05) is 19.6 Å². The fourth-order valence-electron chi connectivity index (χ4n) is 2.60. The number of hydrogen-bond acceptors (Lipinski definition) is 4. The zero-order chi connectivity index (χ0) is 15.4. The van der Waals surface area contributed by atoms with Gasteiger partial charge >= 0.3 is 0 Å². The summed E-state index contributed by atoms with van der Waals surface area (Å²) in [6, 6.07) is 10.8. The second-order valence-corrected chi connectivity index (χ2v) is 5.46. The van der Waals surface area contributed by atoms with Crippen molar-refractivity contribution in [3.05, 3.63) is 54.4 Å². The minimum Gasteiger partial charge on any atom is -0.456 e. The van der Waals surface area contributed by atoms with Gasteiger partial charge in [-0.2, -0.15) is 0 Å². The van der Waals surface area contributed by atoms with Gasteiger partial charge in [0, 0.05) is 24.8 Å². The average molecular weight is 297 g/mol. The molecule has 22 heavy (non-hydrogen) atoms. The largest absolute Gasteiger partial charge is 0.456 e. The number of ether oxygens (including phenoxy) is 1. The van der Waals surface area contributed by atoms with E-state index in [1.54, 1.807) is 36.7 Å². The first kappa shape index (κ1) is 14.5. The summed E-state index contributed by atoms with van der Waals surface area (Å²) in [4.78, 5) is 18.3. The molecule has 0 bridgehead atoms. The van der Waals surface area contributed by atoms with Gasteiger partial charge in [0.25, 0.3) is 5.91 Å². The maximum absolute atomic E-state index is 12.4. The second-order valence-electron chi connectivity index (χ2n) is 5.46. The van der Waals surface area contributed by atoms with Crippen molar-refractivity contribution >= 4 is 5.91 Å². The summed E-state index contributed by atoms with van der Waals surface area (Å²) in [5, 5.41) is 0. The van der Waals surface area contributed by atoms with E-state index in [0.29, 0.717) is 29.5 Å². The maximum Gasteiger partial charge on any atom is 0.253 e. The third-order valence-corrected chi connectivity index (χ3v) is 3.88. The number of amides is 1. The van der Waals surface area contributed by atoms with Crippen LogP contribution in [0.4, 0.5) is 0 Å². The van der Waals surface area contributed by atoms with E-state index in [0.717, 1.165) is 19.5 Å². The molecule has 2 N–H and O–H groups in total. The topological polar surface area (TPSA) is 68.5 Å². The third-order valence-electron chi connectivity index (χ3n) is 3.88. The quantitative estimate of drug-likeness (QED) is 0.940. The van der Waals surface area contributed by atoms with E-state index in [4.69, 9.17) is 10.5 Å². The highest BCUT2D eigenvalue weighted by atomic mass is 16.5. The van der Waals surface area contributed by atoms with Gasteiger partial charge < -0.3 is 15.4 Å². The Hall–Kier alpha value is -2.40. The van der Waals surface area contributed by atoms with E-state index >= 15 is 0 Å². The minimum absolute atomic E-state index is 0.0591. The number of hydrogen-bond donors (Lipinski definition) is 1. The molecule has 0 spiro atoms. The monoisotopic (exact) mass is 297 g/mol. The standard InChI is InChI=1S/C17H19N3O2/c18-10-13-7-9-20(12-13)17(21)14-3-5-15(6-4-14)22-16-2-1-8-19-11-16/h1-6,8,11,13H,7,9-10,12,18H2/t13-/m0/s1. The molecule has 1 aliphatic heterocycles. The van der Waals surface area contributed by atoms with Crippen molar-refractivity contribution in [2.45, 2.75) is 6.42 Å². The fourth-order valence-corrected chi connectivity index (χ4v) is 2.60. The zero-order valence-electron chi connectivity index (χ0n) is 12.3. The molecule has 0 saturated carbocycles. The number of rotatable bonds is 4. The van der Waals surface area contributed by atoms with E-state index in [-0.39, 0.29) is 5.91 Å².